The summed E-state index contributed by atoms with van der Waals surface area (Å²) in [5.41, 5.74) is 1.13. The highest BCUT2D eigenvalue weighted by Crippen LogP contribution is 2.21. The van der Waals surface area contributed by atoms with Gasteiger partial charge in [-0.15, -0.1) is 0 Å². The Morgan fingerprint density at radius 1 is 1.21 bits per heavy atom. The van der Waals surface area contributed by atoms with Gasteiger partial charge in [0.05, 0.1) is 13.4 Å². The number of ether oxygens (including phenoxy) is 2. The first-order chi connectivity index (χ1) is 9.33. The third kappa shape index (κ3) is 3.76. The molecule has 0 bridgehead atoms. The molecule has 4 nitrogen and oxygen atoms in total. The Morgan fingerprint density at radius 3 is 2.84 bits per heavy atom. The average Bonchev–Trinajstić information content (AvgIpc) is 2.90. The Kier molecular flexibility index (Phi) is 4.86. The Hall–Kier alpha value is -1.94. The van der Waals surface area contributed by atoms with E-state index in [1.165, 1.54) is 0 Å². The molecule has 0 amide bonds. The minimum absolute atomic E-state index is 0.418. The largest absolute Gasteiger partial charge is 0.497 e. The zero-order chi connectivity index (χ0) is 13.5. The van der Waals surface area contributed by atoms with Crippen molar-refractivity contribution in [3.05, 3.63) is 47.9 Å². The summed E-state index contributed by atoms with van der Waals surface area (Å²) in [4.78, 5) is 0. The highest BCUT2D eigenvalue weighted by Gasteiger charge is 2.07. The molecule has 0 atom stereocenters. The molecule has 19 heavy (non-hydrogen) atoms. The number of rotatable bonds is 7. The van der Waals surface area contributed by atoms with Crippen LogP contribution in [0.3, 0.4) is 0 Å². The van der Waals surface area contributed by atoms with Crippen LogP contribution in [-0.4, -0.2) is 13.7 Å². The van der Waals surface area contributed by atoms with Crippen molar-refractivity contribution in [3.8, 4) is 11.5 Å². The normalized spacial score (nSPS) is 10.4. The molecular formula is C15H19NO3. The molecule has 0 saturated heterocycles. The van der Waals surface area contributed by atoms with Gasteiger partial charge in [0.2, 0.25) is 0 Å². The first-order valence-corrected chi connectivity index (χ1v) is 6.36. The number of furan rings is 1. The van der Waals surface area contributed by atoms with Gasteiger partial charge in [-0.1, -0.05) is 13.0 Å². The maximum Gasteiger partial charge on any atom is 0.146 e. The van der Waals surface area contributed by atoms with Crippen LogP contribution in [0, 0.1) is 0 Å². The molecule has 0 radical (unpaired) electrons. The van der Waals surface area contributed by atoms with E-state index in [4.69, 9.17) is 13.9 Å². The summed E-state index contributed by atoms with van der Waals surface area (Å²) in [5, 5.41) is 3.27. The highest BCUT2D eigenvalue weighted by molar-refractivity contribution is 5.33. The zero-order valence-corrected chi connectivity index (χ0v) is 11.3. The molecule has 0 fully saturated rings. The van der Waals surface area contributed by atoms with Crippen LogP contribution in [0.2, 0.25) is 0 Å². The van der Waals surface area contributed by atoms with Crippen LogP contribution < -0.4 is 14.8 Å². The van der Waals surface area contributed by atoms with Gasteiger partial charge in [-0.25, -0.2) is 0 Å². The maximum atomic E-state index is 5.71. The van der Waals surface area contributed by atoms with E-state index < -0.39 is 0 Å². The molecular weight excluding hydrogens is 242 g/mol. The van der Waals surface area contributed by atoms with Gasteiger partial charge in [0.15, 0.2) is 0 Å². The lowest BCUT2D eigenvalue weighted by atomic mass is 10.2. The molecule has 1 aromatic carbocycles. The molecule has 2 aromatic rings. The topological polar surface area (TPSA) is 43.6 Å². The molecule has 1 N–H and O–H groups in total. The third-order valence-corrected chi connectivity index (χ3v) is 2.81. The lowest BCUT2D eigenvalue weighted by Gasteiger charge is -2.08. The molecule has 0 saturated carbocycles. The zero-order valence-electron chi connectivity index (χ0n) is 11.3. The molecule has 0 aliphatic carbocycles. The number of methoxy groups -OCH3 is 1. The monoisotopic (exact) mass is 261 g/mol. The van der Waals surface area contributed by atoms with Crippen LogP contribution in [-0.2, 0) is 13.2 Å². The number of hydrogen-bond acceptors (Lipinski definition) is 4. The molecule has 0 spiro atoms. The van der Waals surface area contributed by atoms with E-state index in [0.29, 0.717) is 6.61 Å². The standard InChI is InChI=1S/C15H19NO3/c1-3-16-10-12-7-8-18-15(12)11-19-14-6-4-5-13(9-14)17-2/h4-9,16H,3,10-11H2,1-2H3. The summed E-state index contributed by atoms with van der Waals surface area (Å²) in [6.07, 6.45) is 1.69. The van der Waals surface area contributed by atoms with Gasteiger partial charge in [0.25, 0.3) is 0 Å². The molecule has 0 unspecified atom stereocenters. The van der Waals surface area contributed by atoms with Gasteiger partial charge in [-0.2, -0.15) is 0 Å². The summed E-state index contributed by atoms with van der Waals surface area (Å²) in [6, 6.07) is 9.50. The van der Waals surface area contributed by atoms with Crippen molar-refractivity contribution < 1.29 is 13.9 Å². The van der Waals surface area contributed by atoms with E-state index in [9.17, 15) is 0 Å². The van der Waals surface area contributed by atoms with Crippen molar-refractivity contribution in [2.45, 2.75) is 20.1 Å². The van der Waals surface area contributed by atoms with Crippen LogP contribution in [0.5, 0.6) is 11.5 Å². The molecule has 2 rings (SSSR count). The first-order valence-electron chi connectivity index (χ1n) is 6.36. The van der Waals surface area contributed by atoms with Crippen molar-refractivity contribution in [3.63, 3.8) is 0 Å². The molecule has 0 aliphatic rings. The van der Waals surface area contributed by atoms with Crippen molar-refractivity contribution >= 4 is 0 Å². The van der Waals surface area contributed by atoms with Crippen LogP contribution in [0.1, 0.15) is 18.2 Å². The molecule has 1 heterocycles. The summed E-state index contributed by atoms with van der Waals surface area (Å²) in [7, 11) is 1.64. The summed E-state index contributed by atoms with van der Waals surface area (Å²) in [6.45, 7) is 4.22. The lowest BCUT2D eigenvalue weighted by Crippen LogP contribution is -2.12. The van der Waals surface area contributed by atoms with E-state index in [2.05, 4.69) is 12.2 Å². The van der Waals surface area contributed by atoms with E-state index in [0.717, 1.165) is 35.9 Å². The number of hydrogen-bond donors (Lipinski definition) is 1. The average molecular weight is 261 g/mol. The third-order valence-electron chi connectivity index (χ3n) is 2.81. The first kappa shape index (κ1) is 13.5. The van der Waals surface area contributed by atoms with Crippen molar-refractivity contribution in [1.29, 1.82) is 0 Å². The Labute approximate surface area is 113 Å². The lowest BCUT2D eigenvalue weighted by molar-refractivity contribution is 0.266. The highest BCUT2D eigenvalue weighted by atomic mass is 16.5. The minimum Gasteiger partial charge on any atom is -0.497 e. The van der Waals surface area contributed by atoms with Crippen molar-refractivity contribution in [2.24, 2.45) is 0 Å². The van der Waals surface area contributed by atoms with Crippen LogP contribution in [0.25, 0.3) is 0 Å². The number of benzene rings is 1. The van der Waals surface area contributed by atoms with E-state index >= 15 is 0 Å². The quantitative estimate of drug-likeness (QED) is 0.832. The Balaban J connectivity index is 1.96. The van der Waals surface area contributed by atoms with Gasteiger partial charge in [0.1, 0.15) is 23.9 Å². The summed E-state index contributed by atoms with van der Waals surface area (Å²) >= 11 is 0. The van der Waals surface area contributed by atoms with Crippen LogP contribution >= 0.6 is 0 Å². The van der Waals surface area contributed by atoms with Crippen LogP contribution in [0.4, 0.5) is 0 Å². The fourth-order valence-corrected chi connectivity index (χ4v) is 1.75. The summed E-state index contributed by atoms with van der Waals surface area (Å²) < 4.78 is 16.3. The van der Waals surface area contributed by atoms with E-state index in [1.54, 1.807) is 13.4 Å². The fourth-order valence-electron chi connectivity index (χ4n) is 1.75. The van der Waals surface area contributed by atoms with Gasteiger partial charge < -0.3 is 19.2 Å². The molecule has 1 aromatic heterocycles. The van der Waals surface area contributed by atoms with Gasteiger partial charge in [0, 0.05) is 18.2 Å². The van der Waals surface area contributed by atoms with E-state index in [1.807, 2.05) is 30.3 Å². The minimum atomic E-state index is 0.418. The van der Waals surface area contributed by atoms with Gasteiger partial charge in [-0.3, -0.25) is 0 Å². The smallest absolute Gasteiger partial charge is 0.146 e. The second kappa shape index (κ2) is 6.85. The second-order valence-corrected chi connectivity index (χ2v) is 4.12. The predicted molar refractivity (Wildman–Crippen MR) is 73.4 cm³/mol. The predicted octanol–water partition coefficient (Wildman–Crippen LogP) is 2.98. The molecule has 0 aliphatic heterocycles. The van der Waals surface area contributed by atoms with Crippen LogP contribution in [0.15, 0.2) is 41.0 Å². The SMILES string of the molecule is CCNCc1ccoc1COc1cccc(OC)c1. The Morgan fingerprint density at radius 2 is 2.05 bits per heavy atom. The number of nitrogens with one attached hydrogen (secondary N) is 1. The summed E-state index contributed by atoms with van der Waals surface area (Å²) in [5.74, 6) is 2.40. The van der Waals surface area contributed by atoms with E-state index in [-0.39, 0.29) is 0 Å². The molecule has 4 heteroatoms. The second-order valence-electron chi connectivity index (χ2n) is 4.12. The molecule has 102 valence electrons. The fraction of sp³-hybridized carbons (Fsp3) is 0.333. The van der Waals surface area contributed by atoms with Crippen molar-refractivity contribution in [1.82, 2.24) is 5.32 Å². The Bertz CT molecular complexity index is 508. The van der Waals surface area contributed by atoms with Gasteiger partial charge >= 0.3 is 0 Å². The maximum absolute atomic E-state index is 5.71. The van der Waals surface area contributed by atoms with Crippen molar-refractivity contribution in [2.75, 3.05) is 13.7 Å². The van der Waals surface area contributed by atoms with Gasteiger partial charge in [-0.05, 0) is 24.7 Å².